The summed E-state index contributed by atoms with van der Waals surface area (Å²) in [5.74, 6) is 0.997. The largest absolute Gasteiger partial charge is 0.370 e. The number of aromatic amines is 1. The van der Waals surface area contributed by atoms with Crippen molar-refractivity contribution in [3.8, 4) is 6.07 Å². The fourth-order valence-electron chi connectivity index (χ4n) is 1.18. The van der Waals surface area contributed by atoms with Crippen molar-refractivity contribution in [1.82, 2.24) is 4.98 Å². The van der Waals surface area contributed by atoms with Crippen molar-refractivity contribution in [2.24, 2.45) is 5.41 Å². The monoisotopic (exact) mass is 161 g/mol. The molecule has 2 N–H and O–H groups in total. The number of rotatable bonds is 3. The molecule has 3 heteroatoms. The Hall–Kier alpha value is -1.43. The lowest BCUT2D eigenvalue weighted by molar-refractivity contribution is 0.709. The quantitative estimate of drug-likeness (QED) is 0.709. The maximum atomic E-state index is 8.78. The highest BCUT2D eigenvalue weighted by atomic mass is 15.0. The first-order valence-corrected chi connectivity index (χ1v) is 4.13. The lowest BCUT2D eigenvalue weighted by atomic mass is 10.1. The molecule has 1 aromatic heterocycles. The summed E-state index contributed by atoms with van der Waals surface area (Å²) >= 11 is 0. The van der Waals surface area contributed by atoms with Crippen molar-refractivity contribution in [2.75, 3.05) is 11.9 Å². The number of nitrogens with one attached hydrogen (secondary N) is 2. The molecule has 0 atom stereocenters. The zero-order valence-corrected chi connectivity index (χ0v) is 6.80. The van der Waals surface area contributed by atoms with Crippen LogP contribution in [0, 0.1) is 16.7 Å². The Labute approximate surface area is 71.4 Å². The second-order valence-electron chi connectivity index (χ2n) is 3.33. The van der Waals surface area contributed by atoms with Gasteiger partial charge in [-0.3, -0.25) is 0 Å². The van der Waals surface area contributed by atoms with Crippen LogP contribution in [-0.4, -0.2) is 11.5 Å². The Bertz CT molecular complexity index is 290. The van der Waals surface area contributed by atoms with Gasteiger partial charge in [-0.1, -0.05) is 0 Å². The summed E-state index contributed by atoms with van der Waals surface area (Å²) in [5, 5.41) is 12.0. The van der Waals surface area contributed by atoms with E-state index in [-0.39, 0.29) is 5.41 Å². The average molecular weight is 161 g/mol. The Morgan fingerprint density at radius 1 is 1.67 bits per heavy atom. The summed E-state index contributed by atoms with van der Waals surface area (Å²) in [6.45, 7) is 0.768. The third-order valence-electron chi connectivity index (χ3n) is 2.31. The molecule has 2 rings (SSSR count). The van der Waals surface area contributed by atoms with E-state index in [2.05, 4.69) is 16.4 Å². The molecule has 3 nitrogen and oxygen atoms in total. The second-order valence-corrected chi connectivity index (χ2v) is 3.33. The van der Waals surface area contributed by atoms with E-state index < -0.39 is 0 Å². The van der Waals surface area contributed by atoms with Crippen molar-refractivity contribution < 1.29 is 0 Å². The van der Waals surface area contributed by atoms with Gasteiger partial charge in [0.2, 0.25) is 0 Å². The van der Waals surface area contributed by atoms with Gasteiger partial charge in [0.1, 0.15) is 5.82 Å². The average Bonchev–Trinajstić information content (AvgIpc) is 2.70. The molecule has 1 aliphatic rings. The lowest BCUT2D eigenvalue weighted by Crippen LogP contribution is -2.13. The minimum absolute atomic E-state index is 0.0644. The molecule has 1 aromatic rings. The molecular formula is C9H11N3. The molecule has 0 unspecified atom stereocenters. The van der Waals surface area contributed by atoms with Gasteiger partial charge in [-0.05, 0) is 25.0 Å². The smallest absolute Gasteiger partial charge is 0.103 e. The summed E-state index contributed by atoms with van der Waals surface area (Å²) in [4.78, 5) is 3.04. The standard InChI is InChI=1S/C9H11N3/c10-6-9(3-4-9)7-12-8-2-1-5-11-8/h1-2,5,11-12H,3-4,7H2. The van der Waals surface area contributed by atoms with Gasteiger partial charge in [-0.2, -0.15) is 5.26 Å². The molecular weight excluding hydrogens is 150 g/mol. The highest BCUT2D eigenvalue weighted by Gasteiger charge is 2.42. The predicted molar refractivity (Wildman–Crippen MR) is 46.6 cm³/mol. The predicted octanol–water partition coefficient (Wildman–Crippen LogP) is 1.73. The van der Waals surface area contributed by atoms with Crippen molar-refractivity contribution >= 4 is 5.82 Å². The minimum atomic E-state index is -0.0644. The molecule has 1 saturated carbocycles. The maximum absolute atomic E-state index is 8.78. The Kier molecular flexibility index (Phi) is 1.54. The van der Waals surface area contributed by atoms with Crippen molar-refractivity contribution in [2.45, 2.75) is 12.8 Å². The first-order valence-electron chi connectivity index (χ1n) is 4.13. The molecule has 1 heterocycles. The van der Waals surface area contributed by atoms with Crippen LogP contribution in [-0.2, 0) is 0 Å². The van der Waals surface area contributed by atoms with Crippen LogP contribution in [0.4, 0.5) is 5.82 Å². The Balaban J connectivity index is 1.88. The van der Waals surface area contributed by atoms with E-state index in [0.717, 1.165) is 25.2 Å². The Morgan fingerprint density at radius 3 is 3.00 bits per heavy atom. The van der Waals surface area contributed by atoms with E-state index >= 15 is 0 Å². The van der Waals surface area contributed by atoms with Gasteiger partial charge >= 0.3 is 0 Å². The van der Waals surface area contributed by atoms with Crippen LogP contribution >= 0.6 is 0 Å². The third-order valence-corrected chi connectivity index (χ3v) is 2.31. The molecule has 0 radical (unpaired) electrons. The zero-order chi connectivity index (χ0) is 8.44. The fraction of sp³-hybridized carbons (Fsp3) is 0.444. The summed E-state index contributed by atoms with van der Waals surface area (Å²) in [6, 6.07) is 6.24. The van der Waals surface area contributed by atoms with Crippen molar-refractivity contribution in [1.29, 1.82) is 5.26 Å². The normalized spacial score (nSPS) is 18.2. The fourth-order valence-corrected chi connectivity index (χ4v) is 1.18. The molecule has 0 spiro atoms. The minimum Gasteiger partial charge on any atom is -0.370 e. The van der Waals surface area contributed by atoms with Crippen molar-refractivity contribution in [3.63, 3.8) is 0 Å². The van der Waals surface area contributed by atoms with E-state index in [4.69, 9.17) is 5.26 Å². The van der Waals surface area contributed by atoms with Crippen molar-refractivity contribution in [3.05, 3.63) is 18.3 Å². The van der Waals surface area contributed by atoms with Crippen LogP contribution < -0.4 is 5.32 Å². The van der Waals surface area contributed by atoms with E-state index in [1.54, 1.807) is 0 Å². The van der Waals surface area contributed by atoms with Crippen LogP contribution in [0.2, 0.25) is 0 Å². The number of H-pyrrole nitrogens is 1. The van der Waals surface area contributed by atoms with Gasteiger partial charge in [-0.15, -0.1) is 0 Å². The van der Waals surface area contributed by atoms with E-state index in [0.29, 0.717) is 0 Å². The number of aromatic nitrogens is 1. The molecule has 0 aliphatic heterocycles. The molecule has 12 heavy (non-hydrogen) atoms. The van der Waals surface area contributed by atoms with E-state index in [9.17, 15) is 0 Å². The lowest BCUT2D eigenvalue weighted by Gasteiger charge is -2.06. The van der Waals surface area contributed by atoms with Gasteiger partial charge < -0.3 is 10.3 Å². The number of anilines is 1. The number of nitrogens with zero attached hydrogens (tertiary/aromatic N) is 1. The summed E-state index contributed by atoms with van der Waals surface area (Å²) in [6.07, 6.45) is 3.95. The molecule has 62 valence electrons. The van der Waals surface area contributed by atoms with Crippen LogP contribution in [0.25, 0.3) is 0 Å². The second kappa shape index (κ2) is 2.56. The SMILES string of the molecule is N#CC1(CNc2ccc[nH]2)CC1. The zero-order valence-electron chi connectivity index (χ0n) is 6.80. The first-order chi connectivity index (χ1) is 5.85. The topological polar surface area (TPSA) is 51.6 Å². The summed E-state index contributed by atoms with van der Waals surface area (Å²) < 4.78 is 0. The first kappa shape index (κ1) is 7.23. The number of hydrogen-bond acceptors (Lipinski definition) is 2. The van der Waals surface area contributed by atoms with Gasteiger partial charge in [0.05, 0.1) is 11.5 Å². The van der Waals surface area contributed by atoms with Crippen LogP contribution in [0.1, 0.15) is 12.8 Å². The molecule has 0 aromatic carbocycles. The molecule has 0 bridgehead atoms. The van der Waals surface area contributed by atoms with Gasteiger partial charge in [0, 0.05) is 12.7 Å². The highest BCUT2D eigenvalue weighted by molar-refractivity contribution is 5.35. The summed E-state index contributed by atoms with van der Waals surface area (Å²) in [5.41, 5.74) is -0.0644. The van der Waals surface area contributed by atoms with Gasteiger partial charge in [0.25, 0.3) is 0 Å². The van der Waals surface area contributed by atoms with Gasteiger partial charge in [-0.25, -0.2) is 0 Å². The van der Waals surface area contributed by atoms with E-state index in [1.807, 2.05) is 18.3 Å². The maximum Gasteiger partial charge on any atom is 0.103 e. The van der Waals surface area contributed by atoms with Crippen LogP contribution in [0.3, 0.4) is 0 Å². The third kappa shape index (κ3) is 1.28. The summed E-state index contributed by atoms with van der Waals surface area (Å²) in [7, 11) is 0. The van der Waals surface area contributed by atoms with E-state index in [1.165, 1.54) is 0 Å². The van der Waals surface area contributed by atoms with Gasteiger partial charge in [0.15, 0.2) is 0 Å². The van der Waals surface area contributed by atoms with Crippen LogP contribution in [0.5, 0.6) is 0 Å². The molecule has 0 amide bonds. The van der Waals surface area contributed by atoms with Crippen LogP contribution in [0.15, 0.2) is 18.3 Å². The molecule has 0 saturated heterocycles. The molecule has 1 aliphatic carbocycles. The highest BCUT2D eigenvalue weighted by Crippen LogP contribution is 2.44. The molecule has 1 fully saturated rings. The number of nitriles is 1. The Morgan fingerprint density at radius 2 is 2.50 bits per heavy atom. The number of hydrogen-bond donors (Lipinski definition) is 2.